The summed E-state index contributed by atoms with van der Waals surface area (Å²) in [4.78, 5) is 72.8. The number of hydrogen-bond donors (Lipinski definition) is 3. The van der Waals surface area contributed by atoms with Crippen LogP contribution in [0.4, 0.5) is 0 Å². The quantitative estimate of drug-likeness (QED) is 0.0222. The Morgan fingerprint density at radius 2 is 0.475 bits per heavy atom. The molecular weight excluding hydrogens is 1320 g/mol. The van der Waals surface area contributed by atoms with Crippen LogP contribution in [0.1, 0.15) is 433 Å². The van der Waals surface area contributed by atoms with Gasteiger partial charge in [0.05, 0.1) is 26.4 Å². The summed E-state index contributed by atoms with van der Waals surface area (Å²) in [6.07, 6.45) is 64.2. The van der Waals surface area contributed by atoms with Gasteiger partial charge in [-0.3, -0.25) is 37.3 Å². The molecule has 101 heavy (non-hydrogen) atoms. The molecule has 0 heterocycles. The highest BCUT2D eigenvalue weighted by Gasteiger charge is 2.30. The summed E-state index contributed by atoms with van der Waals surface area (Å²) in [5.74, 6) is -0.397. The van der Waals surface area contributed by atoms with E-state index in [2.05, 4.69) is 41.5 Å². The van der Waals surface area contributed by atoms with Gasteiger partial charge in [-0.05, 0) is 37.5 Å². The molecule has 0 radical (unpaired) electrons. The number of hydrogen-bond acceptors (Lipinski definition) is 15. The van der Waals surface area contributed by atoms with Gasteiger partial charge in [0.1, 0.15) is 19.3 Å². The summed E-state index contributed by atoms with van der Waals surface area (Å²) in [6, 6.07) is 0. The van der Waals surface area contributed by atoms with Crippen molar-refractivity contribution in [3.8, 4) is 0 Å². The van der Waals surface area contributed by atoms with Crippen LogP contribution in [0.5, 0.6) is 0 Å². The fraction of sp³-hybridized carbons (Fsp3) is 0.951. The van der Waals surface area contributed by atoms with Gasteiger partial charge in [0.2, 0.25) is 0 Å². The number of aliphatic hydroxyl groups is 1. The Labute approximate surface area is 619 Å². The minimum Gasteiger partial charge on any atom is -0.462 e. The monoisotopic (exact) mass is 1480 g/mol. The third-order valence-corrected chi connectivity index (χ3v) is 21.8. The van der Waals surface area contributed by atoms with Gasteiger partial charge < -0.3 is 33.8 Å². The van der Waals surface area contributed by atoms with Gasteiger partial charge in [0, 0.05) is 25.7 Å². The van der Waals surface area contributed by atoms with E-state index >= 15 is 0 Å². The molecule has 0 aliphatic heterocycles. The molecule has 0 aromatic carbocycles. The Morgan fingerprint density at radius 1 is 0.277 bits per heavy atom. The van der Waals surface area contributed by atoms with Gasteiger partial charge in [-0.15, -0.1) is 0 Å². The van der Waals surface area contributed by atoms with Crippen molar-refractivity contribution >= 4 is 39.5 Å². The molecular formula is C82H160O17P2. The highest BCUT2D eigenvalue weighted by molar-refractivity contribution is 7.47. The summed E-state index contributed by atoms with van der Waals surface area (Å²) in [5.41, 5.74) is 0. The molecule has 7 atom stereocenters. The molecule has 0 spiro atoms. The number of unbranched alkanes of at least 4 members (excludes halogenated alkanes) is 49. The maximum atomic E-state index is 13.1. The van der Waals surface area contributed by atoms with E-state index in [1.807, 2.05) is 0 Å². The molecule has 0 bridgehead atoms. The lowest BCUT2D eigenvalue weighted by atomic mass is 9.99. The van der Waals surface area contributed by atoms with E-state index in [0.29, 0.717) is 25.7 Å². The molecule has 0 aliphatic carbocycles. The molecule has 0 aromatic rings. The van der Waals surface area contributed by atoms with E-state index in [1.54, 1.807) is 0 Å². The molecule has 3 N–H and O–H groups in total. The molecule has 0 saturated carbocycles. The predicted octanol–water partition coefficient (Wildman–Crippen LogP) is 24.7. The van der Waals surface area contributed by atoms with Crippen molar-refractivity contribution in [3.05, 3.63) is 0 Å². The molecule has 0 fully saturated rings. The van der Waals surface area contributed by atoms with Crippen molar-refractivity contribution in [1.29, 1.82) is 0 Å². The van der Waals surface area contributed by atoms with Gasteiger partial charge in [0.15, 0.2) is 12.2 Å². The molecule has 4 unspecified atom stereocenters. The highest BCUT2D eigenvalue weighted by Crippen LogP contribution is 2.45. The highest BCUT2D eigenvalue weighted by atomic mass is 31.2. The van der Waals surface area contributed by atoms with Crippen molar-refractivity contribution in [2.75, 3.05) is 39.6 Å². The second-order valence-electron chi connectivity index (χ2n) is 30.0. The summed E-state index contributed by atoms with van der Waals surface area (Å²) >= 11 is 0. The normalized spacial score (nSPS) is 14.4. The molecule has 600 valence electrons. The summed E-state index contributed by atoms with van der Waals surface area (Å²) in [7, 11) is -9.91. The first-order chi connectivity index (χ1) is 48.9. The number of phosphoric acid groups is 2. The van der Waals surface area contributed by atoms with E-state index in [9.17, 15) is 43.2 Å². The van der Waals surface area contributed by atoms with Crippen molar-refractivity contribution in [2.45, 2.75) is 452 Å². The summed E-state index contributed by atoms with van der Waals surface area (Å²) < 4.78 is 68.5. The Morgan fingerprint density at radius 3 is 0.703 bits per heavy atom. The Balaban J connectivity index is 5.12. The standard InChI is InChI=1S/C82H160O17P2/c1-7-11-13-15-16-17-18-19-20-26-33-38-43-48-54-60-66-81(86)98-77(70-92-79(84)64-58-50-14-12-8-2)72-96-100(88,89)94-68-76(83)69-95-101(90,91)97-73-78(71-93-80(85)65-59-53-47-42-37-32-29-28-31-36-41-46-52-57-63-75(6)10-4)99-82(87)67-61-55-49-44-39-34-27-24-22-21-23-25-30-35-40-45-51-56-62-74(5)9-3/h74-78,83H,7-73H2,1-6H3,(H,88,89)(H,90,91)/t74?,75?,76-,77+,78+/m0/s1. The molecule has 17 nitrogen and oxygen atoms in total. The van der Waals surface area contributed by atoms with Crippen molar-refractivity contribution in [2.24, 2.45) is 11.8 Å². The predicted molar refractivity (Wildman–Crippen MR) is 414 cm³/mol. The van der Waals surface area contributed by atoms with Crippen LogP contribution in [-0.2, 0) is 65.4 Å². The first-order valence-corrected chi connectivity index (χ1v) is 45.6. The maximum absolute atomic E-state index is 13.1. The minimum atomic E-state index is -4.96. The van der Waals surface area contributed by atoms with Crippen LogP contribution in [-0.4, -0.2) is 96.7 Å². The number of esters is 4. The average molecular weight is 1480 g/mol. The van der Waals surface area contributed by atoms with Gasteiger partial charge in [-0.1, -0.05) is 382 Å². The number of rotatable bonds is 81. The van der Waals surface area contributed by atoms with Crippen molar-refractivity contribution < 1.29 is 80.2 Å². The van der Waals surface area contributed by atoms with E-state index in [1.165, 1.54) is 244 Å². The van der Waals surface area contributed by atoms with Crippen LogP contribution in [0.3, 0.4) is 0 Å². The lowest BCUT2D eigenvalue weighted by Crippen LogP contribution is -2.30. The molecule has 0 rings (SSSR count). The fourth-order valence-corrected chi connectivity index (χ4v) is 14.2. The zero-order chi connectivity index (χ0) is 74.2. The second kappa shape index (κ2) is 73.6. The Hall–Kier alpha value is -1.94. The first-order valence-electron chi connectivity index (χ1n) is 42.6. The van der Waals surface area contributed by atoms with Crippen LogP contribution in [0.2, 0.25) is 0 Å². The molecule has 0 aliphatic rings. The second-order valence-corrected chi connectivity index (χ2v) is 32.9. The average Bonchev–Trinajstić information content (AvgIpc) is 1.54. The van der Waals surface area contributed by atoms with Gasteiger partial charge in [-0.2, -0.15) is 0 Å². The van der Waals surface area contributed by atoms with Crippen LogP contribution in [0.25, 0.3) is 0 Å². The Kier molecular flexibility index (Phi) is 72.2. The zero-order valence-corrected chi connectivity index (χ0v) is 68.0. The number of carbonyl (C=O) groups excluding carboxylic acids is 4. The summed E-state index contributed by atoms with van der Waals surface area (Å²) in [5, 5.41) is 10.6. The first kappa shape index (κ1) is 99.1. The summed E-state index contributed by atoms with van der Waals surface area (Å²) in [6.45, 7) is 9.68. The van der Waals surface area contributed by atoms with Crippen LogP contribution >= 0.6 is 15.6 Å². The lowest BCUT2D eigenvalue weighted by molar-refractivity contribution is -0.161. The molecule has 0 aromatic heterocycles. The fourth-order valence-electron chi connectivity index (χ4n) is 12.6. The minimum absolute atomic E-state index is 0.108. The molecule has 0 saturated heterocycles. The van der Waals surface area contributed by atoms with Crippen molar-refractivity contribution in [1.82, 2.24) is 0 Å². The number of phosphoric ester groups is 2. The Bertz CT molecular complexity index is 1950. The van der Waals surface area contributed by atoms with E-state index in [0.717, 1.165) is 108 Å². The third kappa shape index (κ3) is 73.4. The van der Waals surface area contributed by atoms with Gasteiger partial charge in [0.25, 0.3) is 0 Å². The SMILES string of the molecule is CCCCCCCCCCCCCCCCCCC(=O)O[C@H](COC(=O)CCCCCCC)COP(=O)(O)OC[C@H](O)COP(=O)(O)OC[C@@H](COC(=O)CCCCCCCCCCCCCCCCC(C)CC)OC(=O)CCCCCCCCCCCCCCCCCCCCC(C)CC. The van der Waals surface area contributed by atoms with E-state index in [4.69, 9.17) is 37.0 Å². The van der Waals surface area contributed by atoms with Crippen LogP contribution < -0.4 is 0 Å². The molecule has 19 heteroatoms. The largest absolute Gasteiger partial charge is 0.472 e. The van der Waals surface area contributed by atoms with Gasteiger partial charge in [-0.25, -0.2) is 9.13 Å². The van der Waals surface area contributed by atoms with Crippen LogP contribution in [0, 0.1) is 11.8 Å². The van der Waals surface area contributed by atoms with Crippen LogP contribution in [0.15, 0.2) is 0 Å². The third-order valence-electron chi connectivity index (χ3n) is 19.9. The smallest absolute Gasteiger partial charge is 0.462 e. The van der Waals surface area contributed by atoms with E-state index in [-0.39, 0.29) is 25.7 Å². The van der Waals surface area contributed by atoms with Crippen molar-refractivity contribution in [3.63, 3.8) is 0 Å². The lowest BCUT2D eigenvalue weighted by Gasteiger charge is -2.21. The zero-order valence-electron chi connectivity index (χ0n) is 66.2. The maximum Gasteiger partial charge on any atom is 0.472 e. The molecule has 0 amide bonds. The number of aliphatic hydroxyl groups excluding tert-OH is 1. The van der Waals surface area contributed by atoms with Gasteiger partial charge >= 0.3 is 39.5 Å². The van der Waals surface area contributed by atoms with E-state index < -0.39 is 97.5 Å². The number of carbonyl (C=O) groups is 4. The number of ether oxygens (including phenoxy) is 4. The topological polar surface area (TPSA) is 237 Å².